The molecular weight excluding hydrogens is 306 g/mol. The van der Waals surface area contributed by atoms with Crippen LogP contribution in [0.25, 0.3) is 0 Å². The van der Waals surface area contributed by atoms with Gasteiger partial charge in [0, 0.05) is 12.5 Å². The Labute approximate surface area is 127 Å². The molecule has 1 aromatic carbocycles. The second kappa shape index (κ2) is 5.13. The van der Waals surface area contributed by atoms with Gasteiger partial charge in [-0.1, -0.05) is 18.2 Å². The first-order chi connectivity index (χ1) is 10.4. The summed E-state index contributed by atoms with van der Waals surface area (Å²) in [6.45, 7) is 1.79. The molecule has 3 rings (SSSR count). The van der Waals surface area contributed by atoms with E-state index < -0.39 is 16.0 Å². The summed E-state index contributed by atoms with van der Waals surface area (Å²) < 4.78 is 26.8. The summed E-state index contributed by atoms with van der Waals surface area (Å²) in [4.78, 5) is 17.7. The average molecular weight is 321 g/mol. The van der Waals surface area contributed by atoms with E-state index in [4.69, 9.17) is 5.11 Å². The molecule has 8 heteroatoms. The first kappa shape index (κ1) is 14.6. The minimum atomic E-state index is -3.78. The number of hydrogen-bond donors (Lipinski definition) is 2. The largest absolute Gasteiger partial charge is 0.481 e. The molecule has 0 fully saturated rings. The molecule has 0 unspecified atom stereocenters. The van der Waals surface area contributed by atoms with Crippen LogP contribution in [0.4, 0.5) is 5.69 Å². The number of nitrogens with zero attached hydrogens (tertiary/aromatic N) is 2. The Balaban J connectivity index is 2.04. The van der Waals surface area contributed by atoms with Gasteiger partial charge in [-0.25, -0.2) is 4.98 Å². The summed E-state index contributed by atoms with van der Waals surface area (Å²) >= 11 is 0. The van der Waals surface area contributed by atoms with Crippen molar-refractivity contribution in [3.05, 3.63) is 41.9 Å². The zero-order chi connectivity index (χ0) is 15.9. The number of fused-ring (bicyclic) bond motifs is 1. The monoisotopic (exact) mass is 321 g/mol. The van der Waals surface area contributed by atoms with Crippen molar-refractivity contribution in [2.24, 2.45) is 0 Å². The molecule has 2 heterocycles. The maximum absolute atomic E-state index is 12.7. The van der Waals surface area contributed by atoms with Crippen LogP contribution in [0.15, 0.2) is 35.5 Å². The van der Waals surface area contributed by atoms with E-state index in [0.29, 0.717) is 11.5 Å². The van der Waals surface area contributed by atoms with Gasteiger partial charge in [-0.15, -0.1) is 0 Å². The fraction of sp³-hybridized carbons (Fsp3) is 0.286. The molecule has 0 spiro atoms. The first-order valence-electron chi connectivity index (χ1n) is 6.74. The summed E-state index contributed by atoms with van der Waals surface area (Å²) in [5, 5.41) is 9.03. The van der Waals surface area contributed by atoms with Gasteiger partial charge in [0.1, 0.15) is 5.82 Å². The fourth-order valence-electron chi connectivity index (χ4n) is 2.72. The predicted molar refractivity (Wildman–Crippen MR) is 79.3 cm³/mol. The molecule has 0 bridgehead atoms. The van der Waals surface area contributed by atoms with Crippen LogP contribution in [0.5, 0.6) is 0 Å². The third-order valence-corrected chi connectivity index (χ3v) is 5.39. The van der Waals surface area contributed by atoms with Crippen molar-refractivity contribution in [3.8, 4) is 0 Å². The van der Waals surface area contributed by atoms with Crippen LogP contribution in [0.2, 0.25) is 0 Å². The van der Waals surface area contributed by atoms with Crippen LogP contribution in [-0.4, -0.2) is 36.0 Å². The Kier molecular flexibility index (Phi) is 3.40. The normalized spacial score (nSPS) is 17.5. The molecule has 1 aromatic heterocycles. The molecule has 22 heavy (non-hydrogen) atoms. The summed E-state index contributed by atoms with van der Waals surface area (Å²) in [5.41, 5.74) is 1.27. The number of carbonyl (C=O) groups is 1. The average Bonchev–Trinajstić information content (AvgIpc) is 3.04. The first-order valence-corrected chi connectivity index (χ1v) is 8.18. The Morgan fingerprint density at radius 1 is 1.45 bits per heavy atom. The number of anilines is 1. The van der Waals surface area contributed by atoms with E-state index in [0.717, 1.165) is 5.56 Å². The zero-order valence-corrected chi connectivity index (χ0v) is 12.7. The zero-order valence-electron chi connectivity index (χ0n) is 11.9. The van der Waals surface area contributed by atoms with E-state index in [9.17, 15) is 13.2 Å². The maximum atomic E-state index is 12.7. The lowest BCUT2D eigenvalue weighted by atomic mass is 9.98. The van der Waals surface area contributed by atoms with Crippen LogP contribution in [0, 0.1) is 6.92 Å². The highest BCUT2D eigenvalue weighted by molar-refractivity contribution is 7.92. The fourth-order valence-corrected chi connectivity index (χ4v) is 4.22. The number of hydrogen-bond acceptors (Lipinski definition) is 4. The summed E-state index contributed by atoms with van der Waals surface area (Å²) in [5.74, 6) is -0.794. The molecule has 0 radical (unpaired) electrons. The lowest BCUT2D eigenvalue weighted by Gasteiger charge is -2.18. The Bertz CT molecular complexity index is 828. The molecule has 0 amide bonds. The number of benzene rings is 1. The van der Waals surface area contributed by atoms with Gasteiger partial charge in [-0.05, 0) is 18.6 Å². The molecular formula is C14H15N3O4S. The number of aryl methyl sites for hydroxylation is 1. The van der Waals surface area contributed by atoms with Crippen molar-refractivity contribution in [2.45, 2.75) is 24.3 Å². The van der Waals surface area contributed by atoms with Gasteiger partial charge in [-0.3, -0.25) is 9.10 Å². The number of carboxylic acid groups (broad SMARTS) is 1. The van der Waals surface area contributed by atoms with Crippen LogP contribution in [0.3, 0.4) is 0 Å². The van der Waals surface area contributed by atoms with E-state index in [1.807, 2.05) is 0 Å². The quantitative estimate of drug-likeness (QED) is 0.888. The number of rotatable bonds is 4. The highest BCUT2D eigenvalue weighted by Crippen LogP contribution is 2.40. The molecule has 1 atom stereocenters. The van der Waals surface area contributed by atoms with Gasteiger partial charge >= 0.3 is 5.97 Å². The molecule has 1 aliphatic rings. The number of H-pyrrole nitrogens is 1. The highest BCUT2D eigenvalue weighted by Gasteiger charge is 2.37. The van der Waals surface area contributed by atoms with Gasteiger partial charge in [0.25, 0.3) is 10.0 Å². The van der Waals surface area contributed by atoms with Gasteiger partial charge in [0.15, 0.2) is 5.03 Å². The predicted octanol–water partition coefficient (Wildman–Crippen LogP) is 1.49. The van der Waals surface area contributed by atoms with E-state index in [-0.39, 0.29) is 23.9 Å². The molecule has 2 N–H and O–H groups in total. The SMILES string of the molecule is Cc1ncc(S(=O)(=O)N2C[C@@H](CC(=O)O)c3ccccc32)[nH]1. The van der Waals surface area contributed by atoms with Gasteiger partial charge in [-0.2, -0.15) is 8.42 Å². The van der Waals surface area contributed by atoms with E-state index >= 15 is 0 Å². The second-order valence-corrected chi connectivity index (χ2v) is 7.05. The molecule has 0 saturated heterocycles. The lowest BCUT2D eigenvalue weighted by molar-refractivity contribution is -0.137. The highest BCUT2D eigenvalue weighted by atomic mass is 32.2. The second-order valence-electron chi connectivity index (χ2n) is 5.22. The van der Waals surface area contributed by atoms with Crippen molar-refractivity contribution >= 4 is 21.7 Å². The topological polar surface area (TPSA) is 103 Å². The number of carboxylic acids is 1. The number of imidazole rings is 1. The minimum Gasteiger partial charge on any atom is -0.481 e. The van der Waals surface area contributed by atoms with Crippen molar-refractivity contribution < 1.29 is 18.3 Å². The molecule has 7 nitrogen and oxygen atoms in total. The van der Waals surface area contributed by atoms with Gasteiger partial charge in [0.2, 0.25) is 0 Å². The van der Waals surface area contributed by atoms with Crippen molar-refractivity contribution in [1.29, 1.82) is 0 Å². The Hall–Kier alpha value is -2.35. The molecule has 2 aromatic rings. The van der Waals surface area contributed by atoms with Gasteiger partial charge in [0.05, 0.1) is 18.3 Å². The summed E-state index contributed by atoms with van der Waals surface area (Å²) in [7, 11) is -3.78. The van der Waals surface area contributed by atoms with E-state index in [1.54, 1.807) is 31.2 Å². The summed E-state index contributed by atoms with van der Waals surface area (Å²) in [6.07, 6.45) is 1.17. The number of sulfonamides is 1. The number of aromatic nitrogens is 2. The number of nitrogens with one attached hydrogen (secondary N) is 1. The lowest BCUT2D eigenvalue weighted by Crippen LogP contribution is -2.30. The number of aromatic amines is 1. The van der Waals surface area contributed by atoms with Crippen molar-refractivity contribution in [3.63, 3.8) is 0 Å². The van der Waals surface area contributed by atoms with E-state index in [1.165, 1.54) is 10.5 Å². The van der Waals surface area contributed by atoms with Gasteiger partial charge < -0.3 is 10.1 Å². The molecule has 0 saturated carbocycles. The van der Waals surface area contributed by atoms with Crippen molar-refractivity contribution in [2.75, 3.05) is 10.8 Å². The van der Waals surface area contributed by atoms with Crippen LogP contribution in [0.1, 0.15) is 23.7 Å². The van der Waals surface area contributed by atoms with Crippen LogP contribution < -0.4 is 4.31 Å². The standard InChI is InChI=1S/C14H15N3O4S/c1-9-15-7-13(16-9)22(20,21)17-8-10(6-14(18)19)11-4-2-3-5-12(11)17/h2-5,7,10H,6,8H2,1H3,(H,15,16)(H,18,19)/t10-/m1/s1. The number of para-hydroxylation sites is 1. The van der Waals surface area contributed by atoms with Crippen LogP contribution in [-0.2, 0) is 14.8 Å². The Morgan fingerprint density at radius 2 is 2.18 bits per heavy atom. The van der Waals surface area contributed by atoms with Crippen LogP contribution >= 0.6 is 0 Å². The van der Waals surface area contributed by atoms with Crippen molar-refractivity contribution in [1.82, 2.24) is 9.97 Å². The minimum absolute atomic E-state index is 0.00998. The molecule has 116 valence electrons. The third kappa shape index (κ3) is 2.35. The smallest absolute Gasteiger partial charge is 0.304 e. The molecule has 1 aliphatic heterocycles. The van der Waals surface area contributed by atoms with E-state index in [2.05, 4.69) is 9.97 Å². The number of aliphatic carboxylic acids is 1. The third-order valence-electron chi connectivity index (χ3n) is 3.70. The molecule has 0 aliphatic carbocycles. The summed E-state index contributed by atoms with van der Waals surface area (Å²) in [6, 6.07) is 6.99. The maximum Gasteiger partial charge on any atom is 0.304 e. The Morgan fingerprint density at radius 3 is 2.82 bits per heavy atom.